The molecule has 2 rings (SSSR count). The van der Waals surface area contributed by atoms with Crippen LogP contribution < -0.4 is 11.1 Å². The summed E-state index contributed by atoms with van der Waals surface area (Å²) in [5.41, 5.74) is 9.38. The van der Waals surface area contributed by atoms with E-state index in [0.29, 0.717) is 22.8 Å². The van der Waals surface area contributed by atoms with Gasteiger partial charge in [0.2, 0.25) is 5.91 Å². The van der Waals surface area contributed by atoms with E-state index in [9.17, 15) is 4.79 Å². The van der Waals surface area contributed by atoms with Crippen molar-refractivity contribution in [1.29, 1.82) is 0 Å². The number of anilines is 1. The highest BCUT2D eigenvalue weighted by molar-refractivity contribution is 6.33. The average Bonchev–Trinajstić information content (AvgIpc) is 2.68. The maximum atomic E-state index is 11.1. The van der Waals surface area contributed by atoms with Gasteiger partial charge < -0.3 is 11.1 Å². The van der Waals surface area contributed by atoms with Crippen LogP contribution in [-0.2, 0) is 6.54 Å². The van der Waals surface area contributed by atoms with Crippen LogP contribution in [0.4, 0.5) is 5.69 Å². The summed E-state index contributed by atoms with van der Waals surface area (Å²) in [6.07, 6.45) is 0. The van der Waals surface area contributed by atoms with Crippen LogP contribution in [0.1, 0.15) is 27.3 Å². The number of nitrogens with zero attached hydrogens (tertiary/aromatic N) is 1. The number of carbonyl (C=O) groups is 1. The highest BCUT2D eigenvalue weighted by Gasteiger charge is 2.09. The Hall–Kier alpha value is -2.01. The molecular weight excluding hydrogens is 264 g/mol. The van der Waals surface area contributed by atoms with Gasteiger partial charge in [-0.3, -0.25) is 9.89 Å². The third kappa shape index (κ3) is 2.88. The van der Waals surface area contributed by atoms with Crippen LogP contribution in [0.15, 0.2) is 18.2 Å². The fourth-order valence-corrected chi connectivity index (χ4v) is 2.02. The number of nitrogens with two attached hydrogens (primary N) is 1. The minimum Gasteiger partial charge on any atom is -0.380 e. The van der Waals surface area contributed by atoms with Crippen molar-refractivity contribution in [3.05, 3.63) is 45.7 Å². The van der Waals surface area contributed by atoms with Crippen LogP contribution in [0.2, 0.25) is 5.02 Å². The van der Waals surface area contributed by atoms with Gasteiger partial charge in [-0.1, -0.05) is 11.6 Å². The van der Waals surface area contributed by atoms with Gasteiger partial charge in [0.05, 0.1) is 16.4 Å². The van der Waals surface area contributed by atoms with Gasteiger partial charge in [0.25, 0.3) is 0 Å². The number of amides is 1. The number of aromatic amines is 1. The van der Waals surface area contributed by atoms with Crippen LogP contribution in [0, 0.1) is 13.8 Å². The SMILES string of the molecule is Cc1n[nH]c(C)c1CNc1cc(C(N)=O)ccc1Cl. The molecule has 4 N–H and O–H groups in total. The van der Waals surface area contributed by atoms with Crippen molar-refractivity contribution >= 4 is 23.2 Å². The fourth-order valence-electron chi connectivity index (χ4n) is 1.83. The number of nitrogens with one attached hydrogen (secondary N) is 2. The van der Waals surface area contributed by atoms with Crippen molar-refractivity contribution in [3.8, 4) is 0 Å². The zero-order valence-corrected chi connectivity index (χ0v) is 11.5. The highest BCUT2D eigenvalue weighted by Crippen LogP contribution is 2.24. The molecule has 0 aliphatic carbocycles. The van der Waals surface area contributed by atoms with Crippen molar-refractivity contribution < 1.29 is 4.79 Å². The molecule has 0 aliphatic rings. The molecule has 1 heterocycles. The summed E-state index contributed by atoms with van der Waals surface area (Å²) in [7, 11) is 0. The molecule has 0 bridgehead atoms. The minimum atomic E-state index is -0.476. The Morgan fingerprint density at radius 1 is 1.47 bits per heavy atom. The first-order valence-electron chi connectivity index (χ1n) is 5.82. The van der Waals surface area contributed by atoms with Crippen LogP contribution in [0.5, 0.6) is 0 Å². The Morgan fingerprint density at radius 2 is 2.21 bits per heavy atom. The van der Waals surface area contributed by atoms with Crippen LogP contribution in [0.3, 0.4) is 0 Å². The van der Waals surface area contributed by atoms with E-state index in [0.717, 1.165) is 17.0 Å². The summed E-state index contributed by atoms with van der Waals surface area (Å²) in [5.74, 6) is -0.476. The molecule has 5 nitrogen and oxygen atoms in total. The molecule has 100 valence electrons. The summed E-state index contributed by atoms with van der Waals surface area (Å²) < 4.78 is 0. The van der Waals surface area contributed by atoms with E-state index in [1.165, 1.54) is 0 Å². The number of halogens is 1. The van der Waals surface area contributed by atoms with Gasteiger partial charge in [0.15, 0.2) is 0 Å². The van der Waals surface area contributed by atoms with E-state index in [1.807, 2.05) is 13.8 Å². The summed E-state index contributed by atoms with van der Waals surface area (Å²) >= 11 is 6.08. The molecule has 2 aromatic rings. The fraction of sp³-hybridized carbons (Fsp3) is 0.231. The number of aromatic nitrogens is 2. The topological polar surface area (TPSA) is 83.8 Å². The first kappa shape index (κ1) is 13.4. The van der Waals surface area contributed by atoms with Gasteiger partial charge >= 0.3 is 0 Å². The summed E-state index contributed by atoms with van der Waals surface area (Å²) in [5, 5.41) is 10.8. The molecule has 0 spiro atoms. The lowest BCUT2D eigenvalue weighted by molar-refractivity contribution is 0.100. The molecule has 6 heteroatoms. The standard InChI is InChI=1S/C13H15ClN4O/c1-7-10(8(2)18-17-7)6-16-12-5-9(13(15)19)3-4-11(12)14/h3-5,16H,6H2,1-2H3,(H2,15,19)(H,17,18). The average molecular weight is 279 g/mol. The van der Waals surface area contributed by atoms with E-state index in [4.69, 9.17) is 17.3 Å². The first-order valence-corrected chi connectivity index (χ1v) is 6.20. The number of rotatable bonds is 4. The second-order valence-corrected chi connectivity index (χ2v) is 4.73. The second kappa shape index (κ2) is 5.32. The number of hydrogen-bond donors (Lipinski definition) is 3. The monoisotopic (exact) mass is 278 g/mol. The van der Waals surface area contributed by atoms with Gasteiger partial charge in [-0.25, -0.2) is 0 Å². The van der Waals surface area contributed by atoms with Gasteiger partial charge in [-0.2, -0.15) is 5.10 Å². The van der Waals surface area contributed by atoms with E-state index in [1.54, 1.807) is 18.2 Å². The third-order valence-electron chi connectivity index (χ3n) is 2.99. The molecule has 0 aliphatic heterocycles. The van der Waals surface area contributed by atoms with E-state index in [2.05, 4.69) is 15.5 Å². The summed E-state index contributed by atoms with van der Waals surface area (Å²) in [6.45, 7) is 4.47. The van der Waals surface area contributed by atoms with E-state index >= 15 is 0 Å². The highest BCUT2D eigenvalue weighted by atomic mass is 35.5. The van der Waals surface area contributed by atoms with Crippen molar-refractivity contribution in [2.24, 2.45) is 5.73 Å². The zero-order chi connectivity index (χ0) is 14.0. The summed E-state index contributed by atoms with van der Waals surface area (Å²) in [4.78, 5) is 11.1. The Balaban J connectivity index is 2.20. The quantitative estimate of drug-likeness (QED) is 0.803. The molecule has 0 saturated heterocycles. The molecular formula is C13H15ClN4O. The Labute approximate surface area is 116 Å². The van der Waals surface area contributed by atoms with Crippen molar-refractivity contribution in [2.45, 2.75) is 20.4 Å². The molecule has 1 aromatic heterocycles. The van der Waals surface area contributed by atoms with Gasteiger partial charge in [-0.05, 0) is 32.0 Å². The summed E-state index contributed by atoms with van der Waals surface area (Å²) in [6, 6.07) is 4.90. The third-order valence-corrected chi connectivity index (χ3v) is 3.32. The van der Waals surface area contributed by atoms with Crippen LogP contribution >= 0.6 is 11.6 Å². The number of H-pyrrole nitrogens is 1. The predicted octanol–water partition coefficient (Wildman–Crippen LogP) is 2.39. The zero-order valence-electron chi connectivity index (χ0n) is 10.7. The lowest BCUT2D eigenvalue weighted by Gasteiger charge is -2.09. The number of benzene rings is 1. The Bertz CT molecular complexity index is 602. The maximum Gasteiger partial charge on any atom is 0.248 e. The smallest absolute Gasteiger partial charge is 0.248 e. The van der Waals surface area contributed by atoms with Crippen molar-refractivity contribution in [1.82, 2.24) is 10.2 Å². The minimum absolute atomic E-state index is 0.424. The van der Waals surface area contributed by atoms with Gasteiger partial charge in [0.1, 0.15) is 0 Å². The lowest BCUT2D eigenvalue weighted by Crippen LogP contribution is -2.11. The molecule has 0 unspecified atom stereocenters. The molecule has 0 atom stereocenters. The molecule has 0 radical (unpaired) electrons. The first-order chi connectivity index (χ1) is 8.99. The van der Waals surface area contributed by atoms with Crippen LogP contribution in [0.25, 0.3) is 0 Å². The lowest BCUT2D eigenvalue weighted by atomic mass is 10.1. The predicted molar refractivity (Wildman–Crippen MR) is 75.4 cm³/mol. The maximum absolute atomic E-state index is 11.1. The normalized spacial score (nSPS) is 10.5. The molecule has 19 heavy (non-hydrogen) atoms. The largest absolute Gasteiger partial charge is 0.380 e. The van der Waals surface area contributed by atoms with Gasteiger partial charge in [-0.15, -0.1) is 0 Å². The van der Waals surface area contributed by atoms with E-state index < -0.39 is 5.91 Å². The molecule has 1 amide bonds. The Morgan fingerprint density at radius 3 is 2.79 bits per heavy atom. The number of aryl methyl sites for hydroxylation is 2. The van der Waals surface area contributed by atoms with Crippen LogP contribution in [-0.4, -0.2) is 16.1 Å². The molecule has 1 aromatic carbocycles. The van der Waals surface area contributed by atoms with Crippen molar-refractivity contribution in [3.63, 3.8) is 0 Å². The van der Waals surface area contributed by atoms with Crippen molar-refractivity contribution in [2.75, 3.05) is 5.32 Å². The van der Waals surface area contributed by atoms with E-state index in [-0.39, 0.29) is 0 Å². The van der Waals surface area contributed by atoms with Gasteiger partial charge in [0, 0.05) is 23.4 Å². The number of primary amides is 1. The molecule has 0 fully saturated rings. The second-order valence-electron chi connectivity index (χ2n) is 4.33. The number of carbonyl (C=O) groups excluding carboxylic acids is 1. The Kier molecular flexibility index (Phi) is 3.76. The number of hydrogen-bond acceptors (Lipinski definition) is 3. The molecule has 0 saturated carbocycles.